The molecular formula is C16H23NS. The van der Waals surface area contributed by atoms with Crippen LogP contribution in [0.25, 0.3) is 0 Å². The predicted octanol–water partition coefficient (Wildman–Crippen LogP) is 3.95. The van der Waals surface area contributed by atoms with E-state index in [0.717, 1.165) is 13.0 Å². The van der Waals surface area contributed by atoms with Gasteiger partial charge < -0.3 is 5.32 Å². The van der Waals surface area contributed by atoms with Crippen LogP contribution in [-0.4, -0.2) is 12.6 Å². The molecule has 18 heavy (non-hydrogen) atoms. The fraction of sp³-hybridized carbons (Fsp3) is 0.625. The van der Waals surface area contributed by atoms with Gasteiger partial charge in [-0.1, -0.05) is 6.92 Å². The van der Waals surface area contributed by atoms with Crippen molar-refractivity contribution in [2.75, 3.05) is 6.54 Å². The van der Waals surface area contributed by atoms with Crippen molar-refractivity contribution in [3.63, 3.8) is 0 Å². The van der Waals surface area contributed by atoms with Gasteiger partial charge in [0.1, 0.15) is 0 Å². The Labute approximate surface area is 115 Å². The number of rotatable bonds is 5. The Morgan fingerprint density at radius 2 is 2.44 bits per heavy atom. The first kappa shape index (κ1) is 13.6. The topological polar surface area (TPSA) is 12.0 Å². The van der Waals surface area contributed by atoms with Gasteiger partial charge in [0, 0.05) is 23.3 Å². The first-order valence-electron chi connectivity index (χ1n) is 7.06. The number of thiophene rings is 1. The van der Waals surface area contributed by atoms with Crippen molar-refractivity contribution in [2.45, 2.75) is 57.9 Å². The highest BCUT2D eigenvalue weighted by molar-refractivity contribution is 7.10. The largest absolute Gasteiger partial charge is 0.314 e. The lowest BCUT2D eigenvalue weighted by molar-refractivity contribution is 0.384. The van der Waals surface area contributed by atoms with Crippen LogP contribution in [0.2, 0.25) is 0 Å². The molecule has 2 heteroatoms. The molecule has 2 rings (SSSR count). The number of aryl methyl sites for hydroxylation is 1. The van der Waals surface area contributed by atoms with Gasteiger partial charge in [-0.3, -0.25) is 0 Å². The Balaban J connectivity index is 2.08. The molecule has 1 nitrogen and oxygen atoms in total. The van der Waals surface area contributed by atoms with E-state index in [1.807, 2.05) is 18.3 Å². The summed E-state index contributed by atoms with van der Waals surface area (Å²) in [5.41, 5.74) is 1.61. The average Bonchev–Trinajstić information content (AvgIpc) is 2.86. The van der Waals surface area contributed by atoms with Crippen molar-refractivity contribution in [2.24, 2.45) is 0 Å². The van der Waals surface area contributed by atoms with Crippen LogP contribution < -0.4 is 5.32 Å². The van der Waals surface area contributed by atoms with Crippen LogP contribution in [0.4, 0.5) is 0 Å². The first-order valence-corrected chi connectivity index (χ1v) is 7.94. The number of fused-ring (bicyclic) bond motifs is 1. The zero-order valence-electron chi connectivity index (χ0n) is 11.5. The van der Waals surface area contributed by atoms with Crippen molar-refractivity contribution < 1.29 is 0 Å². The third-order valence-corrected chi connectivity index (χ3v) is 4.80. The third-order valence-electron chi connectivity index (χ3n) is 3.81. The van der Waals surface area contributed by atoms with E-state index >= 15 is 0 Å². The molecule has 0 aromatic carbocycles. The summed E-state index contributed by atoms with van der Waals surface area (Å²) in [6.07, 6.45) is 6.16. The Morgan fingerprint density at radius 3 is 3.22 bits per heavy atom. The van der Waals surface area contributed by atoms with E-state index in [1.165, 1.54) is 25.7 Å². The third kappa shape index (κ3) is 3.16. The summed E-state index contributed by atoms with van der Waals surface area (Å²) < 4.78 is 0. The van der Waals surface area contributed by atoms with Crippen molar-refractivity contribution in [1.82, 2.24) is 5.32 Å². The summed E-state index contributed by atoms with van der Waals surface area (Å²) in [6.45, 7) is 5.19. The molecule has 1 N–H and O–H groups in total. The molecule has 1 aliphatic rings. The molecular weight excluding hydrogens is 238 g/mol. The standard InChI is InChI=1S/C16H23NS/c1-3-5-6-9-15(17-4-2)13-8-7-10-16-14(13)11-12-18-16/h11-13,15,17H,4,6-10H2,1-2H3. The molecule has 2 unspecified atom stereocenters. The van der Waals surface area contributed by atoms with Crippen molar-refractivity contribution in [3.05, 3.63) is 21.9 Å². The maximum atomic E-state index is 3.68. The van der Waals surface area contributed by atoms with Gasteiger partial charge in [0.05, 0.1) is 0 Å². The maximum absolute atomic E-state index is 3.68. The van der Waals surface area contributed by atoms with Gasteiger partial charge in [0.2, 0.25) is 0 Å². The Hall–Kier alpha value is -0.780. The molecule has 0 saturated heterocycles. The molecule has 2 atom stereocenters. The molecule has 1 aromatic heterocycles. The normalized spacial score (nSPS) is 19.8. The highest BCUT2D eigenvalue weighted by Crippen LogP contribution is 2.37. The number of likely N-dealkylation sites (N-methyl/N-ethyl adjacent to an activating group) is 1. The minimum atomic E-state index is 0.601. The molecule has 0 fully saturated rings. The zero-order valence-corrected chi connectivity index (χ0v) is 12.3. The number of hydrogen-bond acceptors (Lipinski definition) is 2. The van der Waals surface area contributed by atoms with Crippen LogP contribution in [0.5, 0.6) is 0 Å². The van der Waals surface area contributed by atoms with Crippen molar-refractivity contribution in [3.8, 4) is 11.8 Å². The lowest BCUT2D eigenvalue weighted by Crippen LogP contribution is -2.36. The summed E-state index contributed by atoms with van der Waals surface area (Å²) in [5.74, 6) is 6.92. The second kappa shape index (κ2) is 6.97. The van der Waals surface area contributed by atoms with Gasteiger partial charge in [-0.05, 0) is 56.2 Å². The van der Waals surface area contributed by atoms with E-state index in [4.69, 9.17) is 0 Å². The molecule has 98 valence electrons. The Kier molecular flexibility index (Phi) is 5.28. The quantitative estimate of drug-likeness (QED) is 0.791. The minimum absolute atomic E-state index is 0.601. The zero-order chi connectivity index (χ0) is 12.8. The number of hydrogen-bond donors (Lipinski definition) is 1. The first-order chi connectivity index (χ1) is 8.86. The maximum Gasteiger partial charge on any atom is 0.0145 e. The second-order valence-electron chi connectivity index (χ2n) is 4.93. The summed E-state index contributed by atoms with van der Waals surface area (Å²) in [6, 6.07) is 2.95. The van der Waals surface area contributed by atoms with Crippen LogP contribution in [0.3, 0.4) is 0 Å². The van der Waals surface area contributed by atoms with Gasteiger partial charge in [-0.2, -0.15) is 0 Å². The highest BCUT2D eigenvalue weighted by Gasteiger charge is 2.27. The predicted molar refractivity (Wildman–Crippen MR) is 80.1 cm³/mol. The van der Waals surface area contributed by atoms with E-state index in [1.54, 1.807) is 10.4 Å². The van der Waals surface area contributed by atoms with Crippen LogP contribution in [0.15, 0.2) is 11.4 Å². The molecule has 0 saturated carbocycles. The van der Waals surface area contributed by atoms with Gasteiger partial charge >= 0.3 is 0 Å². The van der Waals surface area contributed by atoms with Crippen molar-refractivity contribution in [1.29, 1.82) is 0 Å². The average molecular weight is 261 g/mol. The Bertz CT molecular complexity index is 424. The van der Waals surface area contributed by atoms with E-state index in [2.05, 4.69) is 35.5 Å². The lowest BCUT2D eigenvalue weighted by atomic mass is 9.81. The minimum Gasteiger partial charge on any atom is -0.314 e. The fourth-order valence-electron chi connectivity index (χ4n) is 3.00. The van der Waals surface area contributed by atoms with Crippen molar-refractivity contribution >= 4 is 11.3 Å². The summed E-state index contributed by atoms with van der Waals surface area (Å²) in [4.78, 5) is 1.62. The SMILES string of the molecule is CC#CCCC(NCC)C1CCCc2sccc21. The molecule has 1 heterocycles. The monoisotopic (exact) mass is 261 g/mol. The number of nitrogens with one attached hydrogen (secondary N) is 1. The van der Waals surface area contributed by atoms with E-state index in [9.17, 15) is 0 Å². The molecule has 0 radical (unpaired) electrons. The van der Waals surface area contributed by atoms with Crippen LogP contribution >= 0.6 is 11.3 Å². The van der Waals surface area contributed by atoms with E-state index < -0.39 is 0 Å². The summed E-state index contributed by atoms with van der Waals surface area (Å²) >= 11 is 1.94. The van der Waals surface area contributed by atoms with Gasteiger partial charge in [0.25, 0.3) is 0 Å². The molecule has 0 spiro atoms. The van der Waals surface area contributed by atoms with Crippen LogP contribution in [-0.2, 0) is 6.42 Å². The van der Waals surface area contributed by atoms with Crippen LogP contribution in [0, 0.1) is 11.8 Å². The highest BCUT2D eigenvalue weighted by atomic mass is 32.1. The van der Waals surface area contributed by atoms with Crippen LogP contribution in [0.1, 0.15) is 55.9 Å². The fourth-order valence-corrected chi connectivity index (χ4v) is 4.00. The summed E-state index contributed by atoms with van der Waals surface area (Å²) in [5, 5.41) is 5.94. The lowest BCUT2D eigenvalue weighted by Gasteiger charge is -2.31. The smallest absolute Gasteiger partial charge is 0.0145 e. The molecule has 0 aliphatic heterocycles. The molecule has 1 aromatic rings. The molecule has 0 amide bonds. The van der Waals surface area contributed by atoms with Gasteiger partial charge in [-0.15, -0.1) is 23.2 Å². The van der Waals surface area contributed by atoms with E-state index in [0.29, 0.717) is 12.0 Å². The van der Waals surface area contributed by atoms with E-state index in [-0.39, 0.29) is 0 Å². The van der Waals surface area contributed by atoms with Gasteiger partial charge in [0.15, 0.2) is 0 Å². The second-order valence-corrected chi connectivity index (χ2v) is 5.93. The summed E-state index contributed by atoms with van der Waals surface area (Å²) in [7, 11) is 0. The Morgan fingerprint density at radius 1 is 1.56 bits per heavy atom. The van der Waals surface area contributed by atoms with Gasteiger partial charge in [-0.25, -0.2) is 0 Å². The molecule has 1 aliphatic carbocycles. The molecule has 0 bridgehead atoms.